The van der Waals surface area contributed by atoms with Crippen LogP contribution >= 0.6 is 27.3 Å². The third kappa shape index (κ3) is 7.07. The number of hydrogen-bond acceptors (Lipinski definition) is 7. The maximum Gasteiger partial charge on any atom is 0.338 e. The molecule has 0 saturated heterocycles. The molecule has 0 fully saturated rings. The number of carbonyl (C=O) groups excluding carboxylic acids is 1. The Bertz CT molecular complexity index is 2230. The molecule has 1 aliphatic heterocycles. The lowest BCUT2D eigenvalue weighted by molar-refractivity contribution is -0.139. The number of ether oxygens (including phenoxy) is 3. The summed E-state index contributed by atoms with van der Waals surface area (Å²) in [5, 5.41) is 0. The smallest absolute Gasteiger partial charge is 0.338 e. The molecule has 0 unspecified atom stereocenters. The lowest BCUT2D eigenvalue weighted by Gasteiger charge is -2.26. The number of thiazole rings is 1. The van der Waals surface area contributed by atoms with Crippen LogP contribution in [0.15, 0.2) is 104 Å². The van der Waals surface area contributed by atoms with Crippen LogP contribution in [0.5, 0.6) is 11.5 Å². The maximum atomic E-state index is 14.3. The van der Waals surface area contributed by atoms with Gasteiger partial charge in [0.05, 0.1) is 28.5 Å². The van der Waals surface area contributed by atoms with Crippen molar-refractivity contribution in [2.24, 2.45) is 4.99 Å². The van der Waals surface area contributed by atoms with E-state index in [0.29, 0.717) is 38.5 Å². The largest absolute Gasteiger partial charge is 0.491 e. The number of aromatic nitrogens is 2. The molecule has 0 spiro atoms. The van der Waals surface area contributed by atoms with Gasteiger partial charge in [0.25, 0.3) is 5.56 Å². The topological polar surface area (TPSA) is 84.0 Å². The number of hydrogen-bond donors (Lipinski definition) is 0. The zero-order valence-electron chi connectivity index (χ0n) is 28.3. The molecule has 3 heterocycles. The van der Waals surface area contributed by atoms with Gasteiger partial charge in [-0.05, 0) is 107 Å². The molecule has 0 bridgehead atoms. The van der Waals surface area contributed by atoms with Gasteiger partial charge in [0.2, 0.25) is 0 Å². The van der Waals surface area contributed by atoms with E-state index in [1.54, 1.807) is 18.4 Å². The van der Waals surface area contributed by atoms with E-state index in [1.807, 2.05) is 107 Å². The third-order valence-corrected chi connectivity index (χ3v) is 9.78. The van der Waals surface area contributed by atoms with E-state index in [9.17, 15) is 9.59 Å². The number of para-hydroxylation sites is 1. The second kappa shape index (κ2) is 14.4. The molecule has 10 heteroatoms. The number of aryl methyl sites for hydroxylation is 1. The van der Waals surface area contributed by atoms with Crippen LogP contribution in [0.2, 0.25) is 0 Å². The van der Waals surface area contributed by atoms with Gasteiger partial charge in [-0.3, -0.25) is 9.36 Å². The summed E-state index contributed by atoms with van der Waals surface area (Å²) in [6, 6.07) is 24.9. The van der Waals surface area contributed by atoms with Gasteiger partial charge in [-0.1, -0.05) is 57.6 Å². The normalized spacial score (nSPS) is 14.5. The van der Waals surface area contributed by atoms with Crippen molar-refractivity contribution >= 4 is 39.3 Å². The predicted molar refractivity (Wildman–Crippen MR) is 196 cm³/mol. The van der Waals surface area contributed by atoms with Gasteiger partial charge in [0.15, 0.2) is 4.80 Å². The summed E-state index contributed by atoms with van der Waals surface area (Å²) < 4.78 is 23.0. The van der Waals surface area contributed by atoms with Crippen LogP contribution in [0.3, 0.4) is 0 Å². The van der Waals surface area contributed by atoms with E-state index in [1.165, 1.54) is 11.3 Å². The molecular weight excluding hydrogens is 702 g/mol. The van der Waals surface area contributed by atoms with Crippen LogP contribution in [-0.2, 0) is 16.1 Å². The highest BCUT2D eigenvalue weighted by Crippen LogP contribution is 2.36. The lowest BCUT2D eigenvalue weighted by Crippen LogP contribution is -2.40. The van der Waals surface area contributed by atoms with Crippen molar-refractivity contribution in [1.82, 2.24) is 9.13 Å². The summed E-state index contributed by atoms with van der Waals surface area (Å²) in [6.07, 6.45) is 1.80. The quantitative estimate of drug-likeness (QED) is 0.140. The predicted octanol–water partition coefficient (Wildman–Crippen LogP) is 7.33. The first kappa shape index (κ1) is 34.2. The minimum Gasteiger partial charge on any atom is -0.491 e. The number of esters is 1. The average Bonchev–Trinajstić information content (AvgIpc) is 3.53. The summed E-state index contributed by atoms with van der Waals surface area (Å²) >= 11 is 4.77. The summed E-state index contributed by atoms with van der Waals surface area (Å²) in [4.78, 5) is 32.9. The molecule has 1 aliphatic rings. The standard InChI is InChI=1S/C39H38BrN3O5S/c1-7-46-38(45)35-25(5)41-39-43(36(35)32-10-8-9-11-33(32)48-23(2)3)37(44)34(49-39)21-28-20-24(4)42(26(28)6)30-16-18-31(19-17-30)47-22-27-12-14-29(40)15-13-27/h8-21,23,36H,7,22H2,1-6H3/b34-21-/t36-/m0/s1. The Morgan fingerprint density at radius 2 is 1.73 bits per heavy atom. The number of carbonyl (C=O) groups is 1. The molecule has 252 valence electrons. The molecule has 0 radical (unpaired) electrons. The van der Waals surface area contributed by atoms with E-state index < -0.39 is 12.0 Å². The molecule has 0 aliphatic carbocycles. The van der Waals surface area contributed by atoms with Crippen molar-refractivity contribution in [3.05, 3.63) is 142 Å². The van der Waals surface area contributed by atoms with Crippen molar-refractivity contribution in [1.29, 1.82) is 0 Å². The van der Waals surface area contributed by atoms with Gasteiger partial charge < -0.3 is 18.8 Å². The van der Waals surface area contributed by atoms with Crippen LogP contribution < -0.4 is 24.4 Å². The van der Waals surface area contributed by atoms with Crippen LogP contribution in [0.4, 0.5) is 0 Å². The van der Waals surface area contributed by atoms with Gasteiger partial charge in [-0.2, -0.15) is 0 Å². The van der Waals surface area contributed by atoms with Crippen LogP contribution in [0.1, 0.15) is 61.8 Å². The lowest BCUT2D eigenvalue weighted by atomic mass is 9.95. The number of allylic oxidation sites excluding steroid dienone is 1. The molecule has 0 N–H and O–H groups in total. The Balaban J connectivity index is 1.37. The van der Waals surface area contributed by atoms with Crippen molar-refractivity contribution in [2.75, 3.05) is 6.61 Å². The van der Waals surface area contributed by atoms with Gasteiger partial charge in [0.1, 0.15) is 24.1 Å². The van der Waals surface area contributed by atoms with Crippen molar-refractivity contribution in [3.8, 4) is 17.2 Å². The van der Waals surface area contributed by atoms with Crippen LogP contribution in [-0.4, -0.2) is 27.8 Å². The molecule has 6 rings (SSSR count). The molecule has 1 atom stereocenters. The van der Waals surface area contributed by atoms with Crippen LogP contribution in [0.25, 0.3) is 11.8 Å². The molecule has 0 saturated carbocycles. The summed E-state index contributed by atoms with van der Waals surface area (Å²) in [6.45, 7) is 12.2. The van der Waals surface area contributed by atoms with Crippen LogP contribution in [0, 0.1) is 13.8 Å². The van der Waals surface area contributed by atoms with E-state index in [2.05, 4.69) is 26.6 Å². The monoisotopic (exact) mass is 739 g/mol. The van der Waals surface area contributed by atoms with Crippen molar-refractivity contribution < 1.29 is 19.0 Å². The highest BCUT2D eigenvalue weighted by molar-refractivity contribution is 9.10. The summed E-state index contributed by atoms with van der Waals surface area (Å²) in [5.74, 6) is 0.875. The molecule has 2 aromatic heterocycles. The Morgan fingerprint density at radius 3 is 2.43 bits per heavy atom. The van der Waals surface area contributed by atoms with Gasteiger partial charge in [-0.15, -0.1) is 0 Å². The Labute approximate surface area is 297 Å². The zero-order valence-corrected chi connectivity index (χ0v) is 30.7. The number of nitrogens with zero attached hydrogens (tertiary/aromatic N) is 3. The minimum atomic E-state index is -0.760. The molecule has 3 aromatic carbocycles. The fraction of sp³-hybridized carbons (Fsp3) is 0.256. The average molecular weight is 741 g/mol. The Kier molecular flexibility index (Phi) is 10.1. The maximum absolute atomic E-state index is 14.3. The SMILES string of the molecule is CCOC(=O)C1=C(C)N=c2s/c(=C\c3cc(C)n(-c4ccc(OCc5ccc(Br)cc5)cc4)c3C)c(=O)n2[C@H]1c1ccccc1OC(C)C. The second-order valence-electron chi connectivity index (χ2n) is 12.1. The number of halogens is 1. The molecule has 5 aromatic rings. The first-order valence-electron chi connectivity index (χ1n) is 16.2. The third-order valence-electron chi connectivity index (χ3n) is 8.26. The van der Waals surface area contributed by atoms with Crippen molar-refractivity contribution in [3.63, 3.8) is 0 Å². The highest BCUT2D eigenvalue weighted by Gasteiger charge is 2.35. The van der Waals surface area contributed by atoms with E-state index in [-0.39, 0.29) is 18.3 Å². The summed E-state index contributed by atoms with van der Waals surface area (Å²) in [7, 11) is 0. The highest BCUT2D eigenvalue weighted by atomic mass is 79.9. The molecule has 49 heavy (non-hydrogen) atoms. The van der Waals surface area contributed by atoms with Gasteiger partial charge >= 0.3 is 5.97 Å². The molecule has 8 nitrogen and oxygen atoms in total. The zero-order chi connectivity index (χ0) is 34.8. The number of rotatable bonds is 10. The fourth-order valence-electron chi connectivity index (χ4n) is 6.06. The van der Waals surface area contributed by atoms with E-state index in [0.717, 1.165) is 38.4 Å². The Hall–Kier alpha value is -4.67. The van der Waals surface area contributed by atoms with Gasteiger partial charge in [-0.25, -0.2) is 9.79 Å². The minimum absolute atomic E-state index is 0.107. The number of benzene rings is 3. The van der Waals surface area contributed by atoms with E-state index >= 15 is 0 Å². The first-order valence-corrected chi connectivity index (χ1v) is 17.8. The Morgan fingerprint density at radius 1 is 1.02 bits per heavy atom. The second-order valence-corrected chi connectivity index (χ2v) is 14.0. The molecular formula is C39H38BrN3O5S. The fourth-order valence-corrected chi connectivity index (χ4v) is 7.37. The summed E-state index contributed by atoms with van der Waals surface area (Å²) in [5.41, 5.74) is 6.30. The molecule has 0 amide bonds. The van der Waals surface area contributed by atoms with Crippen molar-refractivity contribution in [2.45, 2.75) is 60.3 Å². The number of fused-ring (bicyclic) bond motifs is 1. The van der Waals surface area contributed by atoms with E-state index in [4.69, 9.17) is 19.2 Å². The van der Waals surface area contributed by atoms with Gasteiger partial charge in [0, 0.05) is 27.1 Å². The first-order chi connectivity index (χ1) is 23.5.